The molecule has 0 spiro atoms. The molecule has 108 valence electrons. The molecule has 0 aliphatic heterocycles. The molecular formula is C16H23N3O. The molecule has 2 rings (SSSR count). The fourth-order valence-corrected chi connectivity index (χ4v) is 1.89. The number of ether oxygens (including phenoxy) is 1. The molecule has 4 heteroatoms. The molecule has 1 N–H and O–H groups in total. The summed E-state index contributed by atoms with van der Waals surface area (Å²) in [6, 6.07) is 8.70. The van der Waals surface area contributed by atoms with Gasteiger partial charge in [0.25, 0.3) is 0 Å². The van der Waals surface area contributed by atoms with E-state index in [4.69, 9.17) is 4.74 Å². The molecule has 0 fully saturated rings. The van der Waals surface area contributed by atoms with E-state index in [-0.39, 0.29) is 0 Å². The lowest BCUT2D eigenvalue weighted by Gasteiger charge is -2.10. The van der Waals surface area contributed by atoms with Crippen LogP contribution in [0.3, 0.4) is 0 Å². The average molecular weight is 273 g/mol. The molecule has 0 unspecified atom stereocenters. The van der Waals surface area contributed by atoms with Crippen molar-refractivity contribution in [2.45, 2.75) is 46.5 Å². The molecule has 0 saturated carbocycles. The molecule has 1 heterocycles. The van der Waals surface area contributed by atoms with E-state index in [1.54, 1.807) is 0 Å². The topological polar surface area (TPSA) is 39.1 Å². The van der Waals surface area contributed by atoms with Crippen LogP contribution in [-0.4, -0.2) is 15.8 Å². The Morgan fingerprint density at radius 2 is 2.15 bits per heavy atom. The summed E-state index contributed by atoms with van der Waals surface area (Å²) in [5, 5.41) is 7.64. The van der Waals surface area contributed by atoms with E-state index in [9.17, 15) is 0 Å². The first kappa shape index (κ1) is 14.6. The molecule has 4 nitrogen and oxygen atoms in total. The van der Waals surface area contributed by atoms with Crippen LogP contribution in [0.1, 0.15) is 31.9 Å². The first-order chi connectivity index (χ1) is 9.67. The first-order valence-electron chi connectivity index (χ1n) is 7.14. The van der Waals surface area contributed by atoms with Gasteiger partial charge in [-0.05, 0) is 24.6 Å². The molecule has 0 aliphatic carbocycles. The number of aryl methyl sites for hydroxylation is 1. The number of nitrogens with zero attached hydrogens (tertiary/aromatic N) is 2. The summed E-state index contributed by atoms with van der Waals surface area (Å²) < 4.78 is 7.72. The smallest absolute Gasteiger partial charge is 0.120 e. The number of benzene rings is 1. The Kier molecular flexibility index (Phi) is 5.18. The highest BCUT2D eigenvalue weighted by Crippen LogP contribution is 2.15. The van der Waals surface area contributed by atoms with Crippen LogP contribution >= 0.6 is 0 Å². The molecule has 0 saturated heterocycles. The van der Waals surface area contributed by atoms with Gasteiger partial charge in [0.2, 0.25) is 0 Å². The van der Waals surface area contributed by atoms with Crippen molar-refractivity contribution in [3.63, 3.8) is 0 Å². The molecule has 0 radical (unpaired) electrons. The maximum atomic E-state index is 5.82. The predicted molar refractivity (Wildman–Crippen MR) is 80.7 cm³/mol. The monoisotopic (exact) mass is 273 g/mol. The minimum atomic E-state index is 0.486. The quantitative estimate of drug-likeness (QED) is 0.843. The fourth-order valence-electron chi connectivity index (χ4n) is 1.89. The summed E-state index contributed by atoms with van der Waals surface area (Å²) in [6.07, 6.45) is 3.87. The highest BCUT2D eigenvalue weighted by Gasteiger charge is 2.01. The maximum Gasteiger partial charge on any atom is 0.120 e. The van der Waals surface area contributed by atoms with Crippen LogP contribution in [0.25, 0.3) is 0 Å². The molecule has 0 bridgehead atoms. The number of aromatic nitrogens is 2. The van der Waals surface area contributed by atoms with Gasteiger partial charge in [-0.3, -0.25) is 4.68 Å². The number of hydrogen-bond donors (Lipinski definition) is 1. The van der Waals surface area contributed by atoms with Gasteiger partial charge in [-0.1, -0.05) is 26.0 Å². The van der Waals surface area contributed by atoms with Gasteiger partial charge >= 0.3 is 0 Å². The van der Waals surface area contributed by atoms with Crippen molar-refractivity contribution >= 4 is 0 Å². The van der Waals surface area contributed by atoms with E-state index in [2.05, 4.69) is 43.3 Å². The Labute approximate surface area is 120 Å². The molecule has 0 amide bonds. The zero-order chi connectivity index (χ0) is 14.4. The van der Waals surface area contributed by atoms with Gasteiger partial charge in [0.1, 0.15) is 12.4 Å². The minimum absolute atomic E-state index is 0.486. The Bertz CT molecular complexity index is 534. The second-order valence-electron chi connectivity index (χ2n) is 5.18. The van der Waals surface area contributed by atoms with Crippen LogP contribution in [0, 0.1) is 0 Å². The maximum absolute atomic E-state index is 5.82. The summed E-state index contributed by atoms with van der Waals surface area (Å²) in [4.78, 5) is 0. The van der Waals surface area contributed by atoms with Gasteiger partial charge in [0.15, 0.2) is 0 Å². The summed E-state index contributed by atoms with van der Waals surface area (Å²) >= 11 is 0. The molecule has 20 heavy (non-hydrogen) atoms. The molecule has 0 aliphatic rings. The normalized spacial score (nSPS) is 11.0. The molecule has 0 atom stereocenters. The SMILES string of the molecule is CCn1cc(COc2cccc(CNC(C)C)c2)cn1. The van der Waals surface area contributed by atoms with E-state index in [0.29, 0.717) is 12.6 Å². The van der Waals surface area contributed by atoms with Crippen molar-refractivity contribution in [2.75, 3.05) is 0 Å². The first-order valence-corrected chi connectivity index (χ1v) is 7.14. The molecule has 2 aromatic rings. The van der Waals surface area contributed by atoms with E-state index < -0.39 is 0 Å². The standard InChI is InChI=1S/C16H23N3O/c1-4-19-11-15(10-18-19)12-20-16-7-5-6-14(8-16)9-17-13(2)3/h5-8,10-11,13,17H,4,9,12H2,1-3H3. The number of rotatable bonds is 7. The highest BCUT2D eigenvalue weighted by molar-refractivity contribution is 5.28. The predicted octanol–water partition coefficient (Wildman–Crippen LogP) is 2.98. The lowest BCUT2D eigenvalue weighted by atomic mass is 10.2. The number of nitrogens with one attached hydrogen (secondary N) is 1. The van der Waals surface area contributed by atoms with Crippen molar-refractivity contribution in [2.24, 2.45) is 0 Å². The van der Waals surface area contributed by atoms with E-state index in [1.807, 2.05) is 29.2 Å². The lowest BCUT2D eigenvalue weighted by Crippen LogP contribution is -2.21. The van der Waals surface area contributed by atoms with E-state index in [1.165, 1.54) is 5.56 Å². The van der Waals surface area contributed by atoms with Gasteiger partial charge in [0.05, 0.1) is 6.20 Å². The van der Waals surface area contributed by atoms with Gasteiger partial charge in [-0.15, -0.1) is 0 Å². The lowest BCUT2D eigenvalue weighted by molar-refractivity contribution is 0.305. The van der Waals surface area contributed by atoms with Crippen LogP contribution in [0.5, 0.6) is 5.75 Å². The average Bonchev–Trinajstić information content (AvgIpc) is 2.91. The van der Waals surface area contributed by atoms with Crippen molar-refractivity contribution in [3.8, 4) is 5.75 Å². The molecule has 1 aromatic heterocycles. The zero-order valence-electron chi connectivity index (χ0n) is 12.5. The Morgan fingerprint density at radius 1 is 1.30 bits per heavy atom. The Morgan fingerprint density at radius 3 is 2.85 bits per heavy atom. The third-order valence-electron chi connectivity index (χ3n) is 3.03. The molecular weight excluding hydrogens is 250 g/mol. The summed E-state index contributed by atoms with van der Waals surface area (Å²) in [5.41, 5.74) is 2.33. The van der Waals surface area contributed by atoms with Gasteiger partial charge in [-0.2, -0.15) is 5.10 Å². The van der Waals surface area contributed by atoms with Crippen molar-refractivity contribution in [1.29, 1.82) is 0 Å². The van der Waals surface area contributed by atoms with E-state index >= 15 is 0 Å². The van der Waals surface area contributed by atoms with Gasteiger partial charge in [0, 0.05) is 30.9 Å². The number of hydrogen-bond acceptors (Lipinski definition) is 3. The van der Waals surface area contributed by atoms with Gasteiger partial charge < -0.3 is 10.1 Å². The highest BCUT2D eigenvalue weighted by atomic mass is 16.5. The third kappa shape index (κ3) is 4.38. The second kappa shape index (κ2) is 7.10. The third-order valence-corrected chi connectivity index (χ3v) is 3.03. The van der Waals surface area contributed by atoms with Crippen LogP contribution in [0.2, 0.25) is 0 Å². The zero-order valence-corrected chi connectivity index (χ0v) is 12.5. The van der Waals surface area contributed by atoms with Crippen molar-refractivity contribution in [1.82, 2.24) is 15.1 Å². The van der Waals surface area contributed by atoms with Crippen molar-refractivity contribution in [3.05, 3.63) is 47.8 Å². The van der Waals surface area contributed by atoms with Crippen molar-refractivity contribution < 1.29 is 4.74 Å². The fraction of sp³-hybridized carbons (Fsp3) is 0.438. The van der Waals surface area contributed by atoms with Gasteiger partial charge in [-0.25, -0.2) is 0 Å². The second-order valence-corrected chi connectivity index (χ2v) is 5.18. The summed E-state index contributed by atoms with van der Waals surface area (Å²) in [5.74, 6) is 0.900. The summed E-state index contributed by atoms with van der Waals surface area (Å²) in [7, 11) is 0. The largest absolute Gasteiger partial charge is 0.489 e. The molecule has 1 aromatic carbocycles. The van der Waals surface area contributed by atoms with Crippen LogP contribution in [0.15, 0.2) is 36.7 Å². The van der Waals surface area contributed by atoms with Crippen LogP contribution < -0.4 is 10.1 Å². The van der Waals surface area contributed by atoms with Crippen LogP contribution in [0.4, 0.5) is 0 Å². The minimum Gasteiger partial charge on any atom is -0.489 e. The van der Waals surface area contributed by atoms with E-state index in [0.717, 1.165) is 24.4 Å². The van der Waals surface area contributed by atoms with Crippen LogP contribution in [-0.2, 0) is 19.7 Å². The summed E-state index contributed by atoms with van der Waals surface area (Å²) in [6.45, 7) is 8.67. The Balaban J connectivity index is 1.90. The Hall–Kier alpha value is -1.81.